The lowest BCUT2D eigenvalue weighted by Crippen LogP contribution is -2.43. The Balaban J connectivity index is 1.31. The fourth-order valence-electron chi connectivity index (χ4n) is 3.68. The lowest BCUT2D eigenvalue weighted by atomic mass is 9.97. The van der Waals surface area contributed by atoms with E-state index in [4.69, 9.17) is 4.74 Å². The van der Waals surface area contributed by atoms with Crippen LogP contribution in [-0.4, -0.2) is 51.5 Å². The quantitative estimate of drug-likeness (QED) is 0.571. The molecule has 3 rings (SSSR count). The van der Waals surface area contributed by atoms with Gasteiger partial charge in [0.1, 0.15) is 0 Å². The van der Waals surface area contributed by atoms with Crippen LogP contribution in [0.5, 0.6) is 0 Å². The standard InChI is InChI=1S/C24H32N2O4S/c1-20-8-10-23(11-9-20)31(28,29)26-16-12-22(13-17-26)24(27)25-15-5-18-30-19-14-21-6-3-2-4-7-21/h2-4,6-11,22H,5,12-19H2,1H3,(H,25,27). The molecule has 7 heteroatoms. The molecule has 31 heavy (non-hydrogen) atoms. The number of nitrogens with one attached hydrogen (secondary N) is 1. The third-order valence-corrected chi connectivity index (χ3v) is 7.54. The van der Waals surface area contributed by atoms with Gasteiger partial charge >= 0.3 is 0 Å². The minimum atomic E-state index is -3.49. The molecule has 0 radical (unpaired) electrons. The summed E-state index contributed by atoms with van der Waals surface area (Å²) in [6.45, 7) is 4.53. The van der Waals surface area contributed by atoms with Crippen LogP contribution in [0.1, 0.15) is 30.4 Å². The van der Waals surface area contributed by atoms with Gasteiger partial charge in [0.2, 0.25) is 15.9 Å². The third-order valence-electron chi connectivity index (χ3n) is 5.63. The van der Waals surface area contributed by atoms with E-state index in [1.165, 1.54) is 9.87 Å². The van der Waals surface area contributed by atoms with Gasteiger partial charge < -0.3 is 10.1 Å². The fraction of sp³-hybridized carbons (Fsp3) is 0.458. The van der Waals surface area contributed by atoms with Crippen LogP contribution in [0.3, 0.4) is 0 Å². The maximum Gasteiger partial charge on any atom is 0.243 e. The number of amides is 1. The van der Waals surface area contributed by atoms with E-state index in [9.17, 15) is 13.2 Å². The third kappa shape index (κ3) is 6.89. The zero-order valence-corrected chi connectivity index (χ0v) is 18.9. The summed E-state index contributed by atoms with van der Waals surface area (Å²) < 4.78 is 32.7. The number of aryl methyl sites for hydroxylation is 1. The first kappa shape index (κ1) is 23.4. The molecule has 1 saturated heterocycles. The summed E-state index contributed by atoms with van der Waals surface area (Å²) in [5.41, 5.74) is 2.28. The van der Waals surface area contributed by atoms with Crippen LogP contribution >= 0.6 is 0 Å². The molecular formula is C24H32N2O4S. The summed E-state index contributed by atoms with van der Waals surface area (Å²) in [7, 11) is -3.49. The molecule has 168 valence electrons. The second-order valence-electron chi connectivity index (χ2n) is 7.98. The lowest BCUT2D eigenvalue weighted by Gasteiger charge is -2.30. The molecule has 0 bridgehead atoms. The van der Waals surface area contributed by atoms with Crippen molar-refractivity contribution in [2.75, 3.05) is 32.8 Å². The number of hydrogen-bond donors (Lipinski definition) is 1. The number of hydrogen-bond acceptors (Lipinski definition) is 4. The first-order valence-electron chi connectivity index (χ1n) is 10.9. The van der Waals surface area contributed by atoms with E-state index in [2.05, 4.69) is 17.4 Å². The maximum atomic E-state index is 12.8. The van der Waals surface area contributed by atoms with Crippen molar-refractivity contribution in [2.24, 2.45) is 5.92 Å². The summed E-state index contributed by atoms with van der Waals surface area (Å²) in [5.74, 6) is -0.125. The van der Waals surface area contributed by atoms with Crippen LogP contribution in [-0.2, 0) is 26.0 Å². The molecule has 0 aliphatic carbocycles. The highest BCUT2D eigenvalue weighted by Crippen LogP contribution is 2.24. The molecule has 1 aliphatic rings. The minimum absolute atomic E-state index is 0.0108. The van der Waals surface area contributed by atoms with E-state index in [0.717, 1.165) is 18.4 Å². The van der Waals surface area contributed by atoms with Gasteiger partial charge in [0.05, 0.1) is 11.5 Å². The first-order valence-corrected chi connectivity index (χ1v) is 12.4. The highest BCUT2D eigenvalue weighted by atomic mass is 32.2. The average Bonchev–Trinajstić information content (AvgIpc) is 2.79. The Bertz CT molecular complexity index is 922. The number of piperidine rings is 1. The van der Waals surface area contributed by atoms with Gasteiger partial charge in [-0.2, -0.15) is 4.31 Å². The lowest BCUT2D eigenvalue weighted by molar-refractivity contribution is -0.126. The topological polar surface area (TPSA) is 75.7 Å². The molecule has 0 saturated carbocycles. The zero-order valence-electron chi connectivity index (χ0n) is 18.1. The smallest absolute Gasteiger partial charge is 0.243 e. The molecule has 2 aromatic rings. The summed E-state index contributed by atoms with van der Waals surface area (Å²) in [5, 5.41) is 2.97. The highest BCUT2D eigenvalue weighted by molar-refractivity contribution is 7.89. The monoisotopic (exact) mass is 444 g/mol. The van der Waals surface area contributed by atoms with Gasteiger partial charge in [-0.05, 0) is 50.3 Å². The molecule has 6 nitrogen and oxygen atoms in total. The van der Waals surface area contributed by atoms with Gasteiger partial charge in [-0.15, -0.1) is 0 Å². The summed E-state index contributed by atoms with van der Waals surface area (Å²) in [6.07, 6.45) is 2.74. The fourth-order valence-corrected chi connectivity index (χ4v) is 5.15. The predicted octanol–water partition coefficient (Wildman–Crippen LogP) is 3.16. The van der Waals surface area contributed by atoms with E-state index in [1.807, 2.05) is 25.1 Å². The van der Waals surface area contributed by atoms with Crippen LogP contribution < -0.4 is 5.32 Å². The van der Waals surface area contributed by atoms with Crippen molar-refractivity contribution < 1.29 is 17.9 Å². The zero-order chi connectivity index (χ0) is 22.1. The van der Waals surface area contributed by atoms with E-state index in [0.29, 0.717) is 50.6 Å². The van der Waals surface area contributed by atoms with E-state index < -0.39 is 10.0 Å². The van der Waals surface area contributed by atoms with Gasteiger partial charge in [-0.25, -0.2) is 8.42 Å². The molecule has 1 amide bonds. The Morgan fingerprint density at radius 3 is 2.39 bits per heavy atom. The highest BCUT2D eigenvalue weighted by Gasteiger charge is 2.31. The Labute approximate surface area is 185 Å². The Morgan fingerprint density at radius 2 is 1.71 bits per heavy atom. The van der Waals surface area contributed by atoms with Gasteiger partial charge in [0, 0.05) is 32.2 Å². The number of rotatable bonds is 10. The Morgan fingerprint density at radius 1 is 1.03 bits per heavy atom. The largest absolute Gasteiger partial charge is 0.381 e. The molecule has 1 N–H and O–H groups in total. The minimum Gasteiger partial charge on any atom is -0.381 e. The molecule has 0 atom stereocenters. The van der Waals surface area contributed by atoms with Crippen molar-refractivity contribution in [2.45, 2.75) is 37.5 Å². The molecule has 0 spiro atoms. The van der Waals surface area contributed by atoms with Gasteiger partial charge in [-0.3, -0.25) is 4.79 Å². The predicted molar refractivity (Wildman–Crippen MR) is 121 cm³/mol. The summed E-state index contributed by atoms with van der Waals surface area (Å²) in [4.78, 5) is 12.7. The van der Waals surface area contributed by atoms with Crippen LogP contribution in [0.2, 0.25) is 0 Å². The second kappa shape index (κ2) is 11.4. The SMILES string of the molecule is Cc1ccc(S(=O)(=O)N2CCC(C(=O)NCCCOCCc3ccccc3)CC2)cc1. The molecular weight excluding hydrogens is 412 g/mol. The number of ether oxygens (including phenoxy) is 1. The number of benzene rings is 2. The van der Waals surface area contributed by atoms with Crippen LogP contribution in [0.15, 0.2) is 59.5 Å². The van der Waals surface area contributed by atoms with Crippen LogP contribution in [0, 0.1) is 12.8 Å². The summed E-state index contributed by atoms with van der Waals surface area (Å²) in [6, 6.07) is 17.1. The molecule has 2 aromatic carbocycles. The molecule has 1 aliphatic heterocycles. The number of sulfonamides is 1. The second-order valence-corrected chi connectivity index (χ2v) is 9.92. The van der Waals surface area contributed by atoms with Gasteiger partial charge in [0.15, 0.2) is 0 Å². The number of nitrogens with zero attached hydrogens (tertiary/aromatic N) is 1. The van der Waals surface area contributed by atoms with E-state index >= 15 is 0 Å². The van der Waals surface area contributed by atoms with Gasteiger partial charge in [0.25, 0.3) is 0 Å². The Hall–Kier alpha value is -2.22. The molecule has 0 aromatic heterocycles. The normalized spacial score (nSPS) is 15.6. The summed E-state index contributed by atoms with van der Waals surface area (Å²) >= 11 is 0. The van der Waals surface area contributed by atoms with Crippen molar-refractivity contribution in [3.63, 3.8) is 0 Å². The maximum absolute atomic E-state index is 12.8. The van der Waals surface area contributed by atoms with E-state index in [1.54, 1.807) is 24.3 Å². The van der Waals surface area contributed by atoms with E-state index in [-0.39, 0.29) is 11.8 Å². The van der Waals surface area contributed by atoms with Crippen LogP contribution in [0.25, 0.3) is 0 Å². The van der Waals surface area contributed by atoms with Crippen molar-refractivity contribution in [3.8, 4) is 0 Å². The van der Waals surface area contributed by atoms with Crippen molar-refractivity contribution in [1.29, 1.82) is 0 Å². The van der Waals surface area contributed by atoms with Gasteiger partial charge in [-0.1, -0.05) is 48.0 Å². The molecule has 1 fully saturated rings. The van der Waals surface area contributed by atoms with Crippen molar-refractivity contribution in [3.05, 3.63) is 65.7 Å². The molecule has 0 unspecified atom stereocenters. The Kier molecular flexibility index (Phi) is 8.63. The van der Waals surface area contributed by atoms with Crippen molar-refractivity contribution in [1.82, 2.24) is 9.62 Å². The van der Waals surface area contributed by atoms with Crippen molar-refractivity contribution >= 4 is 15.9 Å². The number of carbonyl (C=O) groups is 1. The number of carbonyl (C=O) groups excluding carboxylic acids is 1. The average molecular weight is 445 g/mol. The molecule has 1 heterocycles. The first-order chi connectivity index (χ1) is 15.0. The van der Waals surface area contributed by atoms with Crippen LogP contribution in [0.4, 0.5) is 0 Å².